The van der Waals surface area contributed by atoms with Gasteiger partial charge in [-0.25, -0.2) is 0 Å². The summed E-state index contributed by atoms with van der Waals surface area (Å²) in [6.45, 7) is 2.59. The number of benzene rings is 1. The van der Waals surface area contributed by atoms with E-state index in [0.29, 0.717) is 25.7 Å². The van der Waals surface area contributed by atoms with E-state index in [-0.39, 0.29) is 17.5 Å². The van der Waals surface area contributed by atoms with Crippen LogP contribution in [0, 0.1) is 5.41 Å². The third kappa shape index (κ3) is 4.98. The monoisotopic (exact) mass is 476 g/mol. The molecule has 34 heavy (non-hydrogen) atoms. The molecule has 1 amide bonds. The van der Waals surface area contributed by atoms with Gasteiger partial charge in [-0.15, -0.1) is 0 Å². The molecule has 0 radical (unpaired) electrons. The number of anilines is 1. The van der Waals surface area contributed by atoms with E-state index >= 15 is 0 Å². The molecule has 3 rings (SSSR count). The summed E-state index contributed by atoms with van der Waals surface area (Å²) in [5.41, 5.74) is -0.208. The number of alkyl halides is 2. The number of carbonyl (C=O) groups is 2. The number of aromatic nitrogens is 1. The van der Waals surface area contributed by atoms with E-state index in [1.54, 1.807) is 6.92 Å². The highest BCUT2D eigenvalue weighted by Gasteiger charge is 2.50. The van der Waals surface area contributed by atoms with Gasteiger partial charge in [0.05, 0.1) is 17.9 Å². The van der Waals surface area contributed by atoms with Gasteiger partial charge in [-0.3, -0.25) is 9.59 Å². The maximum Gasteiger partial charge on any atom is 0.388 e. The van der Waals surface area contributed by atoms with Gasteiger partial charge in [0.25, 0.3) is 0 Å². The van der Waals surface area contributed by atoms with Crippen LogP contribution in [-0.4, -0.2) is 35.7 Å². The number of carbonyl (C=O) groups excluding carboxylic acids is 1. The molecule has 1 aromatic carbocycles. The fourth-order valence-corrected chi connectivity index (χ4v) is 4.55. The average molecular weight is 477 g/mol. The van der Waals surface area contributed by atoms with Crippen molar-refractivity contribution in [3.8, 4) is 11.8 Å². The maximum atomic E-state index is 13.9. The van der Waals surface area contributed by atoms with Crippen molar-refractivity contribution in [2.24, 2.45) is 5.41 Å². The number of amides is 1. The van der Waals surface area contributed by atoms with Crippen LogP contribution in [0.4, 0.5) is 14.5 Å². The summed E-state index contributed by atoms with van der Waals surface area (Å²) in [7, 11) is 1.34. The number of aliphatic carboxylic acids is 1. The number of nitrogens with zero attached hydrogens (tertiary/aromatic N) is 1. The minimum atomic E-state index is -3.14. The van der Waals surface area contributed by atoms with E-state index in [1.807, 2.05) is 38.1 Å². The Kier molecular flexibility index (Phi) is 7.43. The highest BCUT2D eigenvalue weighted by Crippen LogP contribution is 2.49. The number of halogens is 2. The Hall–Kier alpha value is -3.23. The highest BCUT2D eigenvalue weighted by molar-refractivity contribution is 6.00. The van der Waals surface area contributed by atoms with Gasteiger partial charge in [-0.05, 0) is 55.7 Å². The van der Waals surface area contributed by atoms with Crippen LogP contribution in [0.2, 0.25) is 0 Å². The van der Waals surface area contributed by atoms with E-state index in [2.05, 4.69) is 15.0 Å². The van der Waals surface area contributed by atoms with Crippen molar-refractivity contribution in [3.63, 3.8) is 0 Å². The number of rotatable bonds is 8. The number of hydrogen-bond donors (Lipinski definition) is 2. The van der Waals surface area contributed by atoms with E-state index in [9.17, 15) is 23.5 Å². The number of carboxylic acids is 1. The molecule has 7 nitrogen and oxygen atoms in total. The lowest BCUT2D eigenvalue weighted by molar-refractivity contribution is -0.151. The van der Waals surface area contributed by atoms with Crippen molar-refractivity contribution in [3.05, 3.63) is 47.5 Å². The fourth-order valence-electron chi connectivity index (χ4n) is 4.55. The van der Waals surface area contributed by atoms with Crippen LogP contribution < -0.4 is 14.8 Å². The van der Waals surface area contributed by atoms with Crippen molar-refractivity contribution >= 4 is 17.6 Å². The molecule has 0 bridgehead atoms. The molecule has 0 aliphatic heterocycles. The van der Waals surface area contributed by atoms with Gasteiger partial charge in [0.1, 0.15) is 5.69 Å². The summed E-state index contributed by atoms with van der Waals surface area (Å²) in [6, 6.07) is 10.4. The van der Waals surface area contributed by atoms with Crippen LogP contribution in [0.25, 0.3) is 0 Å². The third-order valence-corrected chi connectivity index (χ3v) is 6.75. The predicted octanol–water partition coefficient (Wildman–Crippen LogP) is 5.36. The van der Waals surface area contributed by atoms with Crippen molar-refractivity contribution in [1.82, 2.24) is 4.98 Å². The molecule has 1 aromatic heterocycles. The lowest BCUT2D eigenvalue weighted by Gasteiger charge is -2.43. The zero-order valence-corrected chi connectivity index (χ0v) is 19.7. The lowest BCUT2D eigenvalue weighted by Crippen LogP contribution is -2.47. The number of hydrogen-bond acceptors (Lipinski definition) is 5. The Morgan fingerprint density at radius 2 is 1.74 bits per heavy atom. The van der Waals surface area contributed by atoms with E-state index < -0.39 is 35.2 Å². The van der Waals surface area contributed by atoms with Crippen LogP contribution in [-0.2, 0) is 15.0 Å². The SMILES string of the molecule is COc1ccc(NC(=O)C2(c3ccccc3C(C)C)CCC(C)(C(=O)O)CC2)c(OC(F)F)n1. The molecule has 2 aromatic rings. The first-order valence-electron chi connectivity index (χ1n) is 11.2. The van der Waals surface area contributed by atoms with Crippen molar-refractivity contribution in [1.29, 1.82) is 0 Å². The van der Waals surface area contributed by atoms with Crippen LogP contribution in [0.5, 0.6) is 11.8 Å². The Bertz CT molecular complexity index is 1050. The second-order valence-corrected chi connectivity index (χ2v) is 9.23. The molecule has 2 N–H and O–H groups in total. The fraction of sp³-hybridized carbons (Fsp3) is 0.480. The normalized spacial score (nSPS) is 22.5. The van der Waals surface area contributed by atoms with Gasteiger partial charge in [0.15, 0.2) is 0 Å². The van der Waals surface area contributed by atoms with Crippen molar-refractivity contribution in [2.75, 3.05) is 12.4 Å². The molecule has 9 heteroatoms. The molecule has 184 valence electrons. The summed E-state index contributed by atoms with van der Waals surface area (Å²) in [5, 5.41) is 12.5. The van der Waals surface area contributed by atoms with Gasteiger partial charge in [-0.1, -0.05) is 38.1 Å². The quantitative estimate of drug-likeness (QED) is 0.533. The largest absolute Gasteiger partial charge is 0.481 e. The van der Waals surface area contributed by atoms with Gasteiger partial charge in [0, 0.05) is 6.07 Å². The number of pyridine rings is 1. The van der Waals surface area contributed by atoms with Gasteiger partial charge < -0.3 is 19.9 Å². The molecule has 0 unspecified atom stereocenters. The Labute approximate surface area is 197 Å². The Morgan fingerprint density at radius 3 is 2.29 bits per heavy atom. The molecule has 1 aliphatic carbocycles. The average Bonchev–Trinajstić information content (AvgIpc) is 2.80. The number of carboxylic acid groups (broad SMARTS) is 1. The zero-order valence-electron chi connectivity index (χ0n) is 19.7. The first-order valence-corrected chi connectivity index (χ1v) is 11.2. The number of ether oxygens (including phenoxy) is 2. The second-order valence-electron chi connectivity index (χ2n) is 9.23. The molecule has 0 atom stereocenters. The molecular weight excluding hydrogens is 446 g/mol. The topological polar surface area (TPSA) is 97.8 Å². The van der Waals surface area contributed by atoms with Crippen LogP contribution >= 0.6 is 0 Å². The molecule has 0 spiro atoms. The van der Waals surface area contributed by atoms with Gasteiger partial charge in [-0.2, -0.15) is 13.8 Å². The lowest BCUT2D eigenvalue weighted by atomic mass is 9.60. The van der Waals surface area contributed by atoms with Crippen LogP contribution in [0.3, 0.4) is 0 Å². The number of nitrogens with one attached hydrogen (secondary N) is 1. The first kappa shape index (κ1) is 25.4. The smallest absolute Gasteiger partial charge is 0.388 e. The second kappa shape index (κ2) is 9.95. The molecule has 1 heterocycles. The zero-order chi connectivity index (χ0) is 25.1. The standard InChI is InChI=1S/C25H30F2N2O5/c1-15(2)16-7-5-6-8-17(16)25(13-11-24(3,12-14-25)22(31)32)21(30)28-18-9-10-19(33-4)29-20(18)34-23(26)27/h5-10,15,23H,11-14H2,1-4H3,(H,28,30)(H,31,32). The van der Waals surface area contributed by atoms with Crippen LogP contribution in [0.1, 0.15) is 63.5 Å². The van der Waals surface area contributed by atoms with Gasteiger partial charge in [0.2, 0.25) is 17.7 Å². The summed E-state index contributed by atoms with van der Waals surface area (Å²) >= 11 is 0. The predicted molar refractivity (Wildman–Crippen MR) is 122 cm³/mol. The maximum absolute atomic E-state index is 13.9. The first-order chi connectivity index (χ1) is 16.0. The minimum Gasteiger partial charge on any atom is -0.481 e. The van der Waals surface area contributed by atoms with Crippen molar-refractivity contribution < 1.29 is 33.0 Å². The Morgan fingerprint density at radius 1 is 1.09 bits per heavy atom. The molecule has 1 fully saturated rings. The summed E-state index contributed by atoms with van der Waals surface area (Å²) < 4.78 is 35.5. The Balaban J connectivity index is 2.05. The summed E-state index contributed by atoms with van der Waals surface area (Å²) in [4.78, 5) is 29.6. The minimum absolute atomic E-state index is 0.0147. The van der Waals surface area contributed by atoms with Gasteiger partial charge >= 0.3 is 12.6 Å². The third-order valence-electron chi connectivity index (χ3n) is 6.75. The number of methoxy groups -OCH3 is 1. The van der Waals surface area contributed by atoms with Crippen LogP contribution in [0.15, 0.2) is 36.4 Å². The highest BCUT2D eigenvalue weighted by atomic mass is 19.3. The molecule has 1 saturated carbocycles. The molecule has 1 aliphatic rings. The molecule has 0 saturated heterocycles. The van der Waals surface area contributed by atoms with E-state index in [4.69, 9.17) is 4.74 Å². The van der Waals surface area contributed by atoms with E-state index in [0.717, 1.165) is 11.1 Å². The van der Waals surface area contributed by atoms with E-state index in [1.165, 1.54) is 19.2 Å². The summed E-state index contributed by atoms with van der Waals surface area (Å²) in [6.07, 6.45) is 1.17. The summed E-state index contributed by atoms with van der Waals surface area (Å²) in [5.74, 6) is -1.59. The van der Waals surface area contributed by atoms with Crippen molar-refractivity contribution in [2.45, 2.75) is 64.4 Å². The molecular formula is C25H30F2N2O5.